The minimum Gasteiger partial charge on any atom is -0.496 e. The van der Waals surface area contributed by atoms with Gasteiger partial charge in [-0.15, -0.1) is 0 Å². The zero-order valence-corrected chi connectivity index (χ0v) is 11.5. The Hall–Kier alpha value is -1.51. The summed E-state index contributed by atoms with van der Waals surface area (Å²) in [5.41, 5.74) is 0.775. The quantitative estimate of drug-likeness (QED) is 0.835. The molecule has 0 atom stereocenters. The molecule has 0 spiro atoms. The molecule has 2 aliphatic rings. The predicted molar refractivity (Wildman–Crippen MR) is 74.3 cm³/mol. The number of methoxy groups -OCH3 is 1. The van der Waals surface area contributed by atoms with Gasteiger partial charge < -0.3 is 9.64 Å². The maximum atomic E-state index is 12.9. The number of rotatable bonds is 3. The van der Waals surface area contributed by atoms with Crippen LogP contribution in [-0.4, -0.2) is 31.0 Å². The van der Waals surface area contributed by atoms with Gasteiger partial charge in [-0.1, -0.05) is 24.6 Å². The average molecular weight is 259 g/mol. The Morgan fingerprint density at radius 2 is 1.84 bits per heavy atom. The SMILES string of the molecule is COc1ccccc1C1(C(=O)N2CCCC2)CCC1. The molecule has 0 aromatic heterocycles. The highest BCUT2D eigenvalue weighted by molar-refractivity contribution is 5.90. The van der Waals surface area contributed by atoms with E-state index in [0.29, 0.717) is 5.91 Å². The maximum absolute atomic E-state index is 12.9. The fourth-order valence-electron chi connectivity index (χ4n) is 3.39. The van der Waals surface area contributed by atoms with E-state index in [1.54, 1.807) is 7.11 Å². The fourth-order valence-corrected chi connectivity index (χ4v) is 3.39. The maximum Gasteiger partial charge on any atom is 0.233 e. The second kappa shape index (κ2) is 4.87. The van der Waals surface area contributed by atoms with Gasteiger partial charge in [0.15, 0.2) is 0 Å². The van der Waals surface area contributed by atoms with Gasteiger partial charge in [0.25, 0.3) is 0 Å². The molecule has 1 heterocycles. The van der Waals surface area contributed by atoms with E-state index in [9.17, 15) is 4.79 Å². The zero-order chi connectivity index (χ0) is 13.3. The summed E-state index contributed by atoms with van der Waals surface area (Å²) in [5, 5.41) is 0. The lowest BCUT2D eigenvalue weighted by molar-refractivity contribution is -0.139. The molecule has 1 saturated carbocycles. The van der Waals surface area contributed by atoms with Crippen molar-refractivity contribution in [1.82, 2.24) is 4.90 Å². The summed E-state index contributed by atoms with van der Waals surface area (Å²) >= 11 is 0. The first kappa shape index (κ1) is 12.5. The van der Waals surface area contributed by atoms with Crippen LogP contribution in [0.5, 0.6) is 5.75 Å². The number of amides is 1. The number of benzene rings is 1. The summed E-state index contributed by atoms with van der Waals surface area (Å²) in [5.74, 6) is 1.18. The van der Waals surface area contributed by atoms with Crippen molar-refractivity contribution >= 4 is 5.91 Å². The van der Waals surface area contributed by atoms with Crippen LogP contribution >= 0.6 is 0 Å². The standard InChI is InChI=1S/C16H21NO2/c1-19-14-8-3-2-7-13(14)16(9-6-10-16)15(18)17-11-4-5-12-17/h2-3,7-8H,4-6,9-12H2,1H3. The summed E-state index contributed by atoms with van der Waals surface area (Å²) in [4.78, 5) is 14.9. The summed E-state index contributed by atoms with van der Waals surface area (Å²) < 4.78 is 5.47. The molecule has 102 valence electrons. The van der Waals surface area contributed by atoms with E-state index >= 15 is 0 Å². The van der Waals surface area contributed by atoms with Gasteiger partial charge in [-0.25, -0.2) is 0 Å². The van der Waals surface area contributed by atoms with E-state index in [1.807, 2.05) is 23.1 Å². The minimum absolute atomic E-state index is 0.309. The highest BCUT2D eigenvalue weighted by Gasteiger charge is 2.49. The number of carbonyl (C=O) groups is 1. The first-order chi connectivity index (χ1) is 9.28. The van der Waals surface area contributed by atoms with E-state index in [4.69, 9.17) is 4.74 Å². The second-order valence-electron chi connectivity index (χ2n) is 5.64. The number of hydrogen-bond acceptors (Lipinski definition) is 2. The Morgan fingerprint density at radius 3 is 2.42 bits per heavy atom. The Bertz CT molecular complexity index is 473. The molecule has 0 N–H and O–H groups in total. The van der Waals surface area contributed by atoms with Crippen molar-refractivity contribution in [3.05, 3.63) is 29.8 Å². The summed E-state index contributed by atoms with van der Waals surface area (Å²) in [7, 11) is 1.69. The molecule has 1 aromatic carbocycles. The van der Waals surface area contributed by atoms with Crippen LogP contribution in [0.1, 0.15) is 37.7 Å². The third-order valence-corrected chi connectivity index (χ3v) is 4.63. The van der Waals surface area contributed by atoms with Crippen molar-refractivity contribution in [2.24, 2.45) is 0 Å². The van der Waals surface area contributed by atoms with Gasteiger partial charge in [0.05, 0.1) is 12.5 Å². The highest BCUT2D eigenvalue weighted by atomic mass is 16.5. The largest absolute Gasteiger partial charge is 0.496 e. The Morgan fingerprint density at radius 1 is 1.16 bits per heavy atom. The van der Waals surface area contributed by atoms with Crippen molar-refractivity contribution < 1.29 is 9.53 Å². The first-order valence-corrected chi connectivity index (χ1v) is 7.21. The Balaban J connectivity index is 1.96. The van der Waals surface area contributed by atoms with Gasteiger partial charge in [-0.2, -0.15) is 0 Å². The van der Waals surface area contributed by atoms with Gasteiger partial charge in [0.1, 0.15) is 5.75 Å². The smallest absolute Gasteiger partial charge is 0.233 e. The van der Waals surface area contributed by atoms with E-state index < -0.39 is 0 Å². The molecule has 1 aliphatic heterocycles. The molecule has 3 heteroatoms. The van der Waals surface area contributed by atoms with Crippen molar-refractivity contribution in [1.29, 1.82) is 0 Å². The summed E-state index contributed by atoms with van der Waals surface area (Å²) in [6.45, 7) is 1.85. The Kier molecular flexibility index (Phi) is 3.21. The van der Waals surface area contributed by atoms with Crippen molar-refractivity contribution in [2.45, 2.75) is 37.5 Å². The third-order valence-electron chi connectivity index (χ3n) is 4.63. The molecule has 0 radical (unpaired) electrons. The number of nitrogens with zero attached hydrogens (tertiary/aromatic N) is 1. The molecule has 1 aliphatic carbocycles. The molecule has 0 bridgehead atoms. The monoisotopic (exact) mass is 259 g/mol. The van der Waals surface area contributed by atoms with Crippen LogP contribution in [0.4, 0.5) is 0 Å². The highest BCUT2D eigenvalue weighted by Crippen LogP contribution is 2.48. The van der Waals surface area contributed by atoms with Crippen LogP contribution in [0, 0.1) is 0 Å². The summed E-state index contributed by atoms with van der Waals surface area (Å²) in [6.07, 6.45) is 5.35. The van der Waals surface area contributed by atoms with Crippen LogP contribution in [0.15, 0.2) is 24.3 Å². The topological polar surface area (TPSA) is 29.5 Å². The molecule has 3 rings (SSSR count). The van der Waals surface area contributed by atoms with Crippen LogP contribution < -0.4 is 4.74 Å². The minimum atomic E-state index is -0.309. The number of carbonyl (C=O) groups excluding carboxylic acids is 1. The van der Waals surface area contributed by atoms with Crippen molar-refractivity contribution in [2.75, 3.05) is 20.2 Å². The van der Waals surface area contributed by atoms with Gasteiger partial charge in [0, 0.05) is 18.7 Å². The zero-order valence-electron chi connectivity index (χ0n) is 11.5. The predicted octanol–water partition coefficient (Wildman–Crippen LogP) is 2.74. The van der Waals surface area contributed by atoms with Gasteiger partial charge in [-0.05, 0) is 31.7 Å². The number of likely N-dealkylation sites (tertiary alicyclic amines) is 1. The van der Waals surface area contributed by atoms with Crippen LogP contribution in [0.25, 0.3) is 0 Å². The lowest BCUT2D eigenvalue weighted by Crippen LogP contribution is -2.50. The molecule has 1 amide bonds. The molecule has 19 heavy (non-hydrogen) atoms. The molecule has 2 fully saturated rings. The molecule has 0 unspecified atom stereocenters. The molecule has 1 aromatic rings. The number of hydrogen-bond donors (Lipinski definition) is 0. The van der Waals surface area contributed by atoms with Crippen LogP contribution in [0.3, 0.4) is 0 Å². The van der Waals surface area contributed by atoms with Crippen molar-refractivity contribution in [3.8, 4) is 5.75 Å². The lowest BCUT2D eigenvalue weighted by Gasteiger charge is -2.43. The Labute approximate surface area is 114 Å². The lowest BCUT2D eigenvalue weighted by atomic mass is 9.63. The van der Waals surface area contributed by atoms with E-state index in [-0.39, 0.29) is 5.41 Å². The van der Waals surface area contributed by atoms with Gasteiger partial charge in [0.2, 0.25) is 5.91 Å². The van der Waals surface area contributed by atoms with E-state index in [1.165, 1.54) is 0 Å². The first-order valence-electron chi connectivity index (χ1n) is 7.21. The molecular weight excluding hydrogens is 238 g/mol. The summed E-state index contributed by atoms with van der Waals surface area (Å²) in [6, 6.07) is 8.00. The molecular formula is C16H21NO2. The fraction of sp³-hybridized carbons (Fsp3) is 0.562. The van der Waals surface area contributed by atoms with Gasteiger partial charge >= 0.3 is 0 Å². The molecule has 3 nitrogen and oxygen atoms in total. The second-order valence-corrected chi connectivity index (χ2v) is 5.64. The average Bonchev–Trinajstić information content (AvgIpc) is 2.92. The normalized spacial score (nSPS) is 21.0. The molecule has 1 saturated heterocycles. The van der Waals surface area contributed by atoms with E-state index in [0.717, 1.165) is 56.5 Å². The van der Waals surface area contributed by atoms with E-state index in [2.05, 4.69) is 6.07 Å². The number of ether oxygens (including phenoxy) is 1. The van der Waals surface area contributed by atoms with Crippen molar-refractivity contribution in [3.63, 3.8) is 0 Å². The van der Waals surface area contributed by atoms with Crippen LogP contribution in [0.2, 0.25) is 0 Å². The number of para-hydroxylation sites is 1. The van der Waals surface area contributed by atoms with Crippen LogP contribution in [-0.2, 0) is 10.2 Å². The van der Waals surface area contributed by atoms with Gasteiger partial charge in [-0.3, -0.25) is 4.79 Å². The third kappa shape index (κ3) is 1.92.